The molecular formula is C23H30N4O8. The molecule has 0 saturated heterocycles. The van der Waals surface area contributed by atoms with Gasteiger partial charge in [-0.25, -0.2) is 14.4 Å². The monoisotopic (exact) mass is 490 g/mol. The smallest absolute Gasteiger partial charge is 0.415 e. The van der Waals surface area contributed by atoms with Crippen molar-refractivity contribution in [3.8, 4) is 5.75 Å². The van der Waals surface area contributed by atoms with E-state index in [0.717, 1.165) is 5.56 Å². The van der Waals surface area contributed by atoms with Gasteiger partial charge >= 0.3 is 17.8 Å². The molecule has 0 aliphatic rings. The highest BCUT2D eigenvalue weighted by Crippen LogP contribution is 2.22. The van der Waals surface area contributed by atoms with Crippen LogP contribution in [-0.4, -0.2) is 60.7 Å². The van der Waals surface area contributed by atoms with Crippen molar-refractivity contribution in [2.75, 3.05) is 20.1 Å². The summed E-state index contributed by atoms with van der Waals surface area (Å²) in [6.45, 7) is 6.78. The summed E-state index contributed by atoms with van der Waals surface area (Å²) < 4.78 is 15.5. The Balaban J connectivity index is 1.91. The SMILES string of the molecule is Cc1cc(=O)oc2cc(OC(=O)N(C)CCNC(=O)[C@@H](CC(N)=O)NC(=O)OC(C)(C)C)ccc12. The van der Waals surface area contributed by atoms with Gasteiger partial charge < -0.3 is 35.2 Å². The average Bonchev–Trinajstić information content (AvgIpc) is 2.70. The van der Waals surface area contributed by atoms with Crippen LogP contribution in [0.3, 0.4) is 0 Å². The minimum Gasteiger partial charge on any atom is -0.444 e. The summed E-state index contributed by atoms with van der Waals surface area (Å²) in [5, 5.41) is 5.55. The Labute approximate surface area is 201 Å². The quantitative estimate of drug-likeness (QED) is 0.466. The number of ether oxygens (including phenoxy) is 2. The van der Waals surface area contributed by atoms with Crippen molar-refractivity contribution >= 4 is 35.0 Å². The number of fused-ring (bicyclic) bond motifs is 1. The molecule has 1 heterocycles. The number of hydrogen-bond donors (Lipinski definition) is 3. The molecule has 0 aliphatic heterocycles. The number of amides is 4. The van der Waals surface area contributed by atoms with Gasteiger partial charge in [0.05, 0.1) is 6.42 Å². The Kier molecular flexibility index (Phi) is 8.81. The fourth-order valence-electron chi connectivity index (χ4n) is 2.97. The summed E-state index contributed by atoms with van der Waals surface area (Å²) >= 11 is 0. The van der Waals surface area contributed by atoms with Crippen LogP contribution >= 0.6 is 0 Å². The second kappa shape index (κ2) is 11.4. The molecule has 4 amide bonds. The maximum Gasteiger partial charge on any atom is 0.415 e. The Bertz CT molecular complexity index is 1170. The molecule has 0 saturated carbocycles. The van der Waals surface area contributed by atoms with Crippen LogP contribution in [0.2, 0.25) is 0 Å². The standard InChI is InChI=1S/C23H30N4O8/c1-13-10-19(29)34-17-11-14(6-7-15(13)17)33-22(32)27(5)9-8-25-20(30)16(12-18(24)28)26-21(31)35-23(2,3)4/h6-7,10-11,16H,8-9,12H2,1-5H3,(H2,24,28)(H,25,30)(H,26,31)/t16-/m1/s1. The molecule has 0 radical (unpaired) electrons. The summed E-state index contributed by atoms with van der Waals surface area (Å²) in [6, 6.07) is 4.81. The second-order valence-corrected chi connectivity index (χ2v) is 8.86. The van der Waals surface area contributed by atoms with Crippen LogP contribution in [0.5, 0.6) is 5.75 Å². The lowest BCUT2D eigenvalue weighted by molar-refractivity contribution is -0.127. The normalized spacial score (nSPS) is 11.9. The van der Waals surface area contributed by atoms with Gasteiger partial charge in [-0.3, -0.25) is 9.59 Å². The molecular weight excluding hydrogens is 460 g/mol. The third-order valence-corrected chi connectivity index (χ3v) is 4.60. The fraction of sp³-hybridized carbons (Fsp3) is 0.435. The van der Waals surface area contributed by atoms with Gasteiger partial charge in [0, 0.05) is 37.7 Å². The van der Waals surface area contributed by atoms with E-state index in [9.17, 15) is 24.0 Å². The number of rotatable bonds is 8. The van der Waals surface area contributed by atoms with E-state index in [4.69, 9.17) is 19.6 Å². The van der Waals surface area contributed by atoms with E-state index in [1.807, 2.05) is 0 Å². The Morgan fingerprint density at radius 2 is 1.86 bits per heavy atom. The third kappa shape index (κ3) is 8.65. The Morgan fingerprint density at radius 3 is 2.49 bits per heavy atom. The van der Waals surface area contributed by atoms with Gasteiger partial charge in [-0.05, 0) is 45.4 Å². The van der Waals surface area contributed by atoms with Crippen molar-refractivity contribution in [3.05, 3.63) is 40.2 Å². The lowest BCUT2D eigenvalue weighted by atomic mass is 10.1. The summed E-state index contributed by atoms with van der Waals surface area (Å²) in [5.41, 5.74) is 4.88. The molecule has 4 N–H and O–H groups in total. The summed E-state index contributed by atoms with van der Waals surface area (Å²) in [4.78, 5) is 60.9. The highest BCUT2D eigenvalue weighted by Gasteiger charge is 2.26. The summed E-state index contributed by atoms with van der Waals surface area (Å²) in [5.74, 6) is -1.28. The number of carbonyl (C=O) groups excluding carboxylic acids is 4. The maximum atomic E-state index is 12.4. The molecule has 0 bridgehead atoms. The number of likely N-dealkylation sites (N-methyl/N-ethyl adjacent to an activating group) is 1. The van der Waals surface area contributed by atoms with Crippen LogP contribution in [0.1, 0.15) is 32.8 Å². The van der Waals surface area contributed by atoms with E-state index in [2.05, 4.69) is 10.6 Å². The zero-order chi connectivity index (χ0) is 26.3. The molecule has 190 valence electrons. The molecule has 2 aromatic rings. The van der Waals surface area contributed by atoms with E-state index >= 15 is 0 Å². The number of nitrogens with one attached hydrogen (secondary N) is 2. The molecule has 0 fully saturated rings. The number of nitrogens with zero attached hydrogens (tertiary/aromatic N) is 1. The maximum absolute atomic E-state index is 12.4. The molecule has 35 heavy (non-hydrogen) atoms. The minimum atomic E-state index is -1.24. The van der Waals surface area contributed by atoms with Gasteiger partial charge in [0.15, 0.2) is 0 Å². The topological polar surface area (TPSA) is 170 Å². The minimum absolute atomic E-state index is 0.00147. The molecule has 12 nitrogen and oxygen atoms in total. The molecule has 0 unspecified atom stereocenters. The van der Waals surface area contributed by atoms with Crippen molar-refractivity contribution in [2.24, 2.45) is 5.73 Å². The summed E-state index contributed by atoms with van der Waals surface area (Å²) in [6.07, 6.45) is -2.02. The highest BCUT2D eigenvalue weighted by molar-refractivity contribution is 5.90. The number of primary amides is 1. The van der Waals surface area contributed by atoms with E-state index in [0.29, 0.717) is 5.39 Å². The van der Waals surface area contributed by atoms with Gasteiger partial charge in [0.1, 0.15) is 23.0 Å². The second-order valence-electron chi connectivity index (χ2n) is 8.86. The number of alkyl carbamates (subject to hydrolysis) is 1. The predicted octanol–water partition coefficient (Wildman–Crippen LogP) is 1.42. The Morgan fingerprint density at radius 1 is 1.17 bits per heavy atom. The number of benzene rings is 1. The first-order valence-electron chi connectivity index (χ1n) is 10.8. The summed E-state index contributed by atoms with van der Waals surface area (Å²) in [7, 11) is 1.46. The first-order chi connectivity index (χ1) is 16.2. The van der Waals surface area contributed by atoms with Crippen molar-refractivity contribution in [2.45, 2.75) is 45.8 Å². The van der Waals surface area contributed by atoms with Gasteiger partial charge in [0.25, 0.3) is 0 Å². The molecule has 0 spiro atoms. The number of hydrogen-bond acceptors (Lipinski definition) is 8. The predicted molar refractivity (Wildman–Crippen MR) is 126 cm³/mol. The zero-order valence-electron chi connectivity index (χ0n) is 20.3. The largest absolute Gasteiger partial charge is 0.444 e. The first-order valence-corrected chi connectivity index (χ1v) is 10.8. The highest BCUT2D eigenvalue weighted by atomic mass is 16.6. The molecule has 1 aromatic heterocycles. The first kappa shape index (κ1) is 27.2. The number of nitrogens with two attached hydrogens (primary N) is 1. The third-order valence-electron chi connectivity index (χ3n) is 4.60. The number of aryl methyl sites for hydroxylation is 1. The van der Waals surface area contributed by atoms with E-state index in [1.54, 1.807) is 39.8 Å². The molecule has 0 aliphatic carbocycles. The van der Waals surface area contributed by atoms with Crippen LogP contribution < -0.4 is 26.7 Å². The van der Waals surface area contributed by atoms with Gasteiger partial charge in [-0.1, -0.05) is 0 Å². The van der Waals surface area contributed by atoms with Crippen LogP contribution in [0.15, 0.2) is 33.5 Å². The molecule has 12 heteroatoms. The Hall–Kier alpha value is -4.09. The van der Waals surface area contributed by atoms with E-state index in [1.165, 1.54) is 24.1 Å². The molecule has 2 rings (SSSR count). The van der Waals surface area contributed by atoms with Crippen molar-refractivity contribution < 1.29 is 33.1 Å². The van der Waals surface area contributed by atoms with E-state index < -0.39 is 47.7 Å². The average molecular weight is 491 g/mol. The van der Waals surface area contributed by atoms with Gasteiger partial charge in [0.2, 0.25) is 11.8 Å². The molecule has 1 aromatic carbocycles. The zero-order valence-corrected chi connectivity index (χ0v) is 20.3. The van der Waals surface area contributed by atoms with Gasteiger partial charge in [-0.15, -0.1) is 0 Å². The van der Waals surface area contributed by atoms with Crippen LogP contribution in [0.25, 0.3) is 11.0 Å². The van der Waals surface area contributed by atoms with Crippen molar-refractivity contribution in [3.63, 3.8) is 0 Å². The van der Waals surface area contributed by atoms with Crippen LogP contribution in [0, 0.1) is 6.92 Å². The lowest BCUT2D eigenvalue weighted by Gasteiger charge is -2.23. The number of carbonyl (C=O) groups is 4. The fourth-order valence-corrected chi connectivity index (χ4v) is 2.97. The van der Waals surface area contributed by atoms with Crippen LogP contribution in [0.4, 0.5) is 9.59 Å². The van der Waals surface area contributed by atoms with Gasteiger partial charge in [-0.2, -0.15) is 0 Å². The van der Waals surface area contributed by atoms with Crippen molar-refractivity contribution in [1.29, 1.82) is 0 Å². The molecule has 1 atom stereocenters. The van der Waals surface area contributed by atoms with E-state index in [-0.39, 0.29) is 24.4 Å². The van der Waals surface area contributed by atoms with Crippen molar-refractivity contribution in [1.82, 2.24) is 15.5 Å². The lowest BCUT2D eigenvalue weighted by Crippen LogP contribution is -2.51. The van der Waals surface area contributed by atoms with Crippen LogP contribution in [-0.2, 0) is 14.3 Å².